The van der Waals surface area contributed by atoms with Gasteiger partial charge in [0.1, 0.15) is 22.4 Å². The number of carboxylic acids is 2. The molecular formula is C30H27N3O6S. The molecule has 0 atom stereocenters. The zero-order chi connectivity index (χ0) is 28.2. The fourth-order valence-corrected chi connectivity index (χ4v) is 5.62. The minimum atomic E-state index is -1.26. The molecule has 0 amide bonds. The highest BCUT2D eigenvalue weighted by Gasteiger charge is 2.16. The Balaban J connectivity index is 0.000000355. The summed E-state index contributed by atoms with van der Waals surface area (Å²) in [6, 6.07) is 18.3. The third-order valence-electron chi connectivity index (χ3n) is 6.55. The summed E-state index contributed by atoms with van der Waals surface area (Å²) in [5.74, 6) is -1.54. The van der Waals surface area contributed by atoms with Crippen molar-refractivity contribution in [1.82, 2.24) is 14.5 Å². The molecule has 0 aliphatic carbocycles. The van der Waals surface area contributed by atoms with Crippen LogP contribution in [0.4, 0.5) is 0 Å². The molecule has 0 saturated carbocycles. The summed E-state index contributed by atoms with van der Waals surface area (Å²) in [6.07, 6.45) is 5.27. The van der Waals surface area contributed by atoms with Gasteiger partial charge in [0, 0.05) is 22.4 Å². The van der Waals surface area contributed by atoms with E-state index in [1.54, 1.807) is 10.9 Å². The van der Waals surface area contributed by atoms with Gasteiger partial charge in [-0.3, -0.25) is 14.3 Å². The van der Waals surface area contributed by atoms with E-state index in [0.29, 0.717) is 16.9 Å². The van der Waals surface area contributed by atoms with E-state index in [9.17, 15) is 14.4 Å². The van der Waals surface area contributed by atoms with Crippen molar-refractivity contribution >= 4 is 44.5 Å². The maximum Gasteiger partial charge on any atom is 0.328 e. The van der Waals surface area contributed by atoms with Gasteiger partial charge in [0.15, 0.2) is 0 Å². The zero-order valence-electron chi connectivity index (χ0n) is 21.7. The van der Waals surface area contributed by atoms with E-state index in [0.717, 1.165) is 58.0 Å². The average Bonchev–Trinajstić information content (AvgIpc) is 3.68. The van der Waals surface area contributed by atoms with Crippen LogP contribution in [-0.2, 0) is 16.1 Å². The molecule has 1 fully saturated rings. The Morgan fingerprint density at radius 1 is 1.00 bits per heavy atom. The number of thiophene rings is 1. The second-order valence-electron chi connectivity index (χ2n) is 9.54. The second-order valence-corrected chi connectivity index (χ2v) is 10.6. The molecule has 1 aliphatic rings. The van der Waals surface area contributed by atoms with Crippen LogP contribution in [-0.4, -0.2) is 49.7 Å². The van der Waals surface area contributed by atoms with Crippen molar-refractivity contribution in [3.05, 3.63) is 94.8 Å². The molecule has 0 bridgehead atoms. The van der Waals surface area contributed by atoms with E-state index in [1.807, 2.05) is 24.3 Å². The van der Waals surface area contributed by atoms with Crippen molar-refractivity contribution in [2.24, 2.45) is 0 Å². The largest absolute Gasteiger partial charge is 0.478 e. The number of benzene rings is 2. The number of furan rings is 1. The van der Waals surface area contributed by atoms with E-state index in [2.05, 4.69) is 47.1 Å². The van der Waals surface area contributed by atoms with Crippen molar-refractivity contribution in [1.29, 1.82) is 0 Å². The van der Waals surface area contributed by atoms with E-state index in [4.69, 9.17) is 14.6 Å². The number of hydrogen-bond donors (Lipinski definition) is 2. The summed E-state index contributed by atoms with van der Waals surface area (Å²) >= 11 is 1.50. The molecule has 2 N–H and O–H groups in total. The van der Waals surface area contributed by atoms with Crippen LogP contribution < -0.4 is 5.56 Å². The Kier molecular flexibility index (Phi) is 7.90. The van der Waals surface area contributed by atoms with Crippen LogP contribution in [0.2, 0.25) is 0 Å². The Bertz CT molecular complexity index is 1760. The van der Waals surface area contributed by atoms with Crippen molar-refractivity contribution in [2.75, 3.05) is 13.1 Å². The van der Waals surface area contributed by atoms with Crippen LogP contribution >= 0.6 is 11.3 Å². The van der Waals surface area contributed by atoms with Gasteiger partial charge in [0.2, 0.25) is 0 Å². The molecule has 0 unspecified atom stereocenters. The first-order valence-corrected chi connectivity index (χ1v) is 13.6. The molecule has 0 spiro atoms. The number of rotatable bonds is 6. The van der Waals surface area contributed by atoms with Gasteiger partial charge in [-0.2, -0.15) is 0 Å². The third kappa shape index (κ3) is 6.19. The molecule has 9 nitrogen and oxygen atoms in total. The molecule has 2 aromatic carbocycles. The highest BCUT2D eigenvalue weighted by Crippen LogP contribution is 2.31. The highest BCUT2D eigenvalue weighted by atomic mass is 32.1. The summed E-state index contributed by atoms with van der Waals surface area (Å²) < 4.78 is 8.34. The van der Waals surface area contributed by atoms with Crippen LogP contribution in [0.5, 0.6) is 0 Å². The van der Waals surface area contributed by atoms with E-state index < -0.39 is 11.9 Å². The van der Waals surface area contributed by atoms with Gasteiger partial charge < -0.3 is 14.6 Å². The molecule has 40 heavy (non-hydrogen) atoms. The molecule has 1 aliphatic heterocycles. The van der Waals surface area contributed by atoms with Gasteiger partial charge >= 0.3 is 11.9 Å². The van der Waals surface area contributed by atoms with Crippen LogP contribution in [0.3, 0.4) is 0 Å². The molecule has 204 valence electrons. The lowest BCUT2D eigenvalue weighted by molar-refractivity contribution is -0.134. The fourth-order valence-electron chi connectivity index (χ4n) is 4.57. The first kappa shape index (κ1) is 27.0. The predicted molar refractivity (Wildman–Crippen MR) is 154 cm³/mol. The van der Waals surface area contributed by atoms with E-state index in [1.165, 1.54) is 29.7 Å². The lowest BCUT2D eigenvalue weighted by Gasteiger charge is -2.11. The lowest BCUT2D eigenvalue weighted by Crippen LogP contribution is -2.17. The number of hydrogen-bond acceptors (Lipinski definition) is 7. The molecule has 0 radical (unpaired) electrons. The number of fused-ring (bicyclic) bond motifs is 2. The summed E-state index contributed by atoms with van der Waals surface area (Å²) in [5.41, 5.74) is 4.67. The number of likely N-dealkylation sites (tertiary alicyclic amines) is 1. The summed E-state index contributed by atoms with van der Waals surface area (Å²) in [4.78, 5) is 40.5. The number of carbonyl (C=O) groups is 2. The number of aliphatic carboxylic acids is 2. The minimum Gasteiger partial charge on any atom is -0.478 e. The second kappa shape index (κ2) is 11.7. The van der Waals surface area contributed by atoms with Crippen LogP contribution in [0.25, 0.3) is 37.3 Å². The van der Waals surface area contributed by atoms with Gasteiger partial charge in [-0.1, -0.05) is 29.8 Å². The Labute approximate surface area is 233 Å². The first-order valence-electron chi connectivity index (χ1n) is 12.7. The Hall–Kier alpha value is -4.54. The van der Waals surface area contributed by atoms with Gasteiger partial charge in [-0.05, 0) is 68.8 Å². The third-order valence-corrected chi connectivity index (χ3v) is 7.71. The van der Waals surface area contributed by atoms with Crippen molar-refractivity contribution in [3.8, 4) is 16.1 Å². The Morgan fingerprint density at radius 3 is 2.38 bits per heavy atom. The number of nitrogens with zero attached hydrogens (tertiary/aromatic N) is 3. The normalized spacial score (nSPS) is 13.6. The molecule has 6 rings (SSSR count). The molecular weight excluding hydrogens is 530 g/mol. The first-order chi connectivity index (χ1) is 19.3. The summed E-state index contributed by atoms with van der Waals surface area (Å²) in [5, 5.41) is 16.6. The Morgan fingerprint density at radius 2 is 1.70 bits per heavy atom. The van der Waals surface area contributed by atoms with Crippen LogP contribution in [0.1, 0.15) is 24.2 Å². The van der Waals surface area contributed by atoms with Crippen molar-refractivity contribution in [2.45, 2.75) is 26.3 Å². The topological polar surface area (TPSA) is 126 Å². The number of aromatic nitrogens is 2. The fraction of sp³-hybridized carbons (Fsp3) is 0.200. The predicted octanol–water partition coefficient (Wildman–Crippen LogP) is 5.48. The number of aryl methyl sites for hydroxylation is 1. The van der Waals surface area contributed by atoms with Gasteiger partial charge in [0.05, 0.1) is 17.7 Å². The van der Waals surface area contributed by atoms with Crippen molar-refractivity contribution in [3.63, 3.8) is 0 Å². The maximum atomic E-state index is 13.3. The molecule has 4 heterocycles. The van der Waals surface area contributed by atoms with Crippen molar-refractivity contribution < 1.29 is 24.2 Å². The molecule has 3 aromatic heterocycles. The summed E-state index contributed by atoms with van der Waals surface area (Å²) in [6.45, 7) is 5.18. The van der Waals surface area contributed by atoms with Crippen LogP contribution in [0, 0.1) is 6.92 Å². The monoisotopic (exact) mass is 557 g/mol. The lowest BCUT2D eigenvalue weighted by atomic mass is 10.1. The van der Waals surface area contributed by atoms with Gasteiger partial charge in [-0.15, -0.1) is 11.3 Å². The molecule has 5 aromatic rings. The SMILES string of the molecule is Cc1ccc(-c2cc3ncn(-c4ccc5oc(CN6CCCC6)cc5c4)c(=O)c3s2)cc1.O=C(O)/C=C\C(=O)O. The minimum absolute atomic E-state index is 0.0431. The quantitative estimate of drug-likeness (QED) is 0.263. The molecule has 1 saturated heterocycles. The highest BCUT2D eigenvalue weighted by molar-refractivity contribution is 7.22. The van der Waals surface area contributed by atoms with E-state index in [-0.39, 0.29) is 5.56 Å². The zero-order valence-corrected chi connectivity index (χ0v) is 22.6. The van der Waals surface area contributed by atoms with Gasteiger partial charge in [-0.25, -0.2) is 14.6 Å². The number of carboxylic acid groups (broad SMARTS) is 2. The van der Waals surface area contributed by atoms with Gasteiger partial charge in [0.25, 0.3) is 5.56 Å². The van der Waals surface area contributed by atoms with E-state index >= 15 is 0 Å². The maximum absolute atomic E-state index is 13.3. The van der Waals surface area contributed by atoms with Crippen LogP contribution in [0.15, 0.2) is 82.3 Å². The standard InChI is InChI=1S/C26H23N3O2S.C4H4O4/c1-17-4-6-18(7-5-17)24-14-22-25(32-24)26(30)29(16-27-22)20-8-9-23-19(12-20)13-21(31-23)15-28-10-2-3-11-28;5-3(6)1-2-4(7)8/h4-9,12-14,16H,2-3,10-11,15H2,1H3;1-2H,(H,5,6)(H,7,8)/b;2-1-. The molecule has 10 heteroatoms. The average molecular weight is 558 g/mol. The summed E-state index contributed by atoms with van der Waals surface area (Å²) in [7, 11) is 0. The smallest absolute Gasteiger partial charge is 0.328 e.